The lowest BCUT2D eigenvalue weighted by atomic mass is 10.1. The highest BCUT2D eigenvalue weighted by atomic mass is 19.1. The minimum absolute atomic E-state index is 0.196. The van der Waals surface area contributed by atoms with Crippen molar-refractivity contribution in [3.8, 4) is 5.75 Å². The molecule has 5 heteroatoms. The van der Waals surface area contributed by atoms with Crippen LogP contribution in [0.3, 0.4) is 0 Å². The zero-order valence-corrected chi connectivity index (χ0v) is 10.1. The molecule has 0 amide bonds. The van der Waals surface area contributed by atoms with Crippen LogP contribution in [0.4, 0.5) is 4.39 Å². The summed E-state index contributed by atoms with van der Waals surface area (Å²) in [7, 11) is 1.51. The number of ether oxygens (including phenoxy) is 1. The van der Waals surface area contributed by atoms with E-state index in [-0.39, 0.29) is 18.3 Å². The Kier molecular flexibility index (Phi) is 3.81. The quantitative estimate of drug-likeness (QED) is 0.811. The predicted molar refractivity (Wildman–Crippen MR) is 63.9 cm³/mol. The van der Waals surface area contributed by atoms with Crippen molar-refractivity contribution in [2.45, 2.75) is 25.4 Å². The number of halogens is 1. The molecule has 0 heterocycles. The van der Waals surface area contributed by atoms with Gasteiger partial charge in [0.05, 0.1) is 7.11 Å². The second kappa shape index (κ2) is 5.35. The number of carboxylic acids is 1. The van der Waals surface area contributed by atoms with Crippen molar-refractivity contribution in [1.82, 2.24) is 5.32 Å². The second-order valence-electron chi connectivity index (χ2n) is 4.49. The van der Waals surface area contributed by atoms with Crippen molar-refractivity contribution in [1.29, 1.82) is 0 Å². The van der Waals surface area contributed by atoms with E-state index < -0.39 is 12.0 Å². The molecule has 0 spiro atoms. The van der Waals surface area contributed by atoms with Crippen molar-refractivity contribution in [3.05, 3.63) is 29.6 Å². The van der Waals surface area contributed by atoms with Crippen LogP contribution in [0.2, 0.25) is 0 Å². The van der Waals surface area contributed by atoms with Gasteiger partial charge < -0.3 is 9.84 Å². The van der Waals surface area contributed by atoms with Gasteiger partial charge >= 0.3 is 5.97 Å². The number of methoxy groups -OCH3 is 1. The lowest BCUT2D eigenvalue weighted by Gasteiger charge is -2.15. The normalized spacial score (nSPS) is 16.3. The maximum Gasteiger partial charge on any atom is 0.320 e. The van der Waals surface area contributed by atoms with Gasteiger partial charge in [0, 0.05) is 12.1 Å². The predicted octanol–water partition coefficient (Wildman–Crippen LogP) is 1.79. The van der Waals surface area contributed by atoms with Gasteiger partial charge in [0.1, 0.15) is 17.6 Å². The minimum atomic E-state index is -0.854. The number of nitrogens with one attached hydrogen (secondary N) is 1. The summed E-state index contributed by atoms with van der Waals surface area (Å²) in [5, 5.41) is 12.0. The van der Waals surface area contributed by atoms with E-state index in [1.165, 1.54) is 19.2 Å². The Hall–Kier alpha value is -1.62. The highest BCUT2D eigenvalue weighted by Crippen LogP contribution is 2.33. The van der Waals surface area contributed by atoms with E-state index in [1.54, 1.807) is 6.07 Å². The standard InChI is InChI=1S/C13H16FNO3/c1-18-11-5-4-10(14)6-9(11)7-15-12(13(16)17)8-2-3-8/h4-6,8,12,15H,2-3,7H2,1H3,(H,16,17). The van der Waals surface area contributed by atoms with E-state index in [1.807, 2.05) is 0 Å². The second-order valence-corrected chi connectivity index (χ2v) is 4.49. The fourth-order valence-electron chi connectivity index (χ4n) is 1.99. The van der Waals surface area contributed by atoms with Crippen LogP contribution in [-0.4, -0.2) is 24.2 Å². The van der Waals surface area contributed by atoms with Crippen LogP contribution in [0.25, 0.3) is 0 Å². The van der Waals surface area contributed by atoms with E-state index in [0.29, 0.717) is 11.3 Å². The van der Waals surface area contributed by atoms with Crippen LogP contribution >= 0.6 is 0 Å². The summed E-state index contributed by atoms with van der Waals surface area (Å²) in [4.78, 5) is 11.1. The zero-order chi connectivity index (χ0) is 13.1. The van der Waals surface area contributed by atoms with Gasteiger partial charge in [0.25, 0.3) is 0 Å². The number of aliphatic carboxylic acids is 1. The van der Waals surface area contributed by atoms with Gasteiger partial charge in [-0.1, -0.05) is 0 Å². The van der Waals surface area contributed by atoms with Crippen LogP contribution in [-0.2, 0) is 11.3 Å². The average Bonchev–Trinajstić information content (AvgIpc) is 3.13. The fourth-order valence-corrected chi connectivity index (χ4v) is 1.99. The van der Waals surface area contributed by atoms with Gasteiger partial charge in [-0.25, -0.2) is 4.39 Å². The lowest BCUT2D eigenvalue weighted by Crippen LogP contribution is -2.38. The molecule has 1 unspecified atom stereocenters. The number of hydrogen-bond donors (Lipinski definition) is 2. The first-order valence-corrected chi connectivity index (χ1v) is 5.90. The molecule has 1 atom stereocenters. The van der Waals surface area contributed by atoms with Gasteiger partial charge in [-0.3, -0.25) is 10.1 Å². The van der Waals surface area contributed by atoms with Gasteiger partial charge in [-0.05, 0) is 37.0 Å². The SMILES string of the molecule is COc1ccc(F)cc1CNC(C(=O)O)C1CC1. The number of benzene rings is 1. The van der Waals surface area contributed by atoms with E-state index in [0.717, 1.165) is 12.8 Å². The molecule has 0 aromatic heterocycles. The number of rotatable bonds is 6. The largest absolute Gasteiger partial charge is 0.496 e. The molecule has 1 aromatic rings. The summed E-state index contributed by atoms with van der Waals surface area (Å²) in [6, 6.07) is 3.66. The summed E-state index contributed by atoms with van der Waals surface area (Å²) in [5.41, 5.74) is 0.629. The molecule has 18 heavy (non-hydrogen) atoms. The highest BCUT2D eigenvalue weighted by Gasteiger charge is 2.35. The fraction of sp³-hybridized carbons (Fsp3) is 0.462. The summed E-state index contributed by atoms with van der Waals surface area (Å²) in [6.45, 7) is 0.286. The Morgan fingerprint density at radius 2 is 2.33 bits per heavy atom. The molecule has 0 radical (unpaired) electrons. The molecule has 1 aromatic carbocycles. The number of hydrogen-bond acceptors (Lipinski definition) is 3. The maximum atomic E-state index is 13.1. The molecular weight excluding hydrogens is 237 g/mol. The van der Waals surface area contributed by atoms with Gasteiger partial charge in [-0.15, -0.1) is 0 Å². The molecule has 4 nitrogen and oxygen atoms in total. The van der Waals surface area contributed by atoms with E-state index in [4.69, 9.17) is 9.84 Å². The van der Waals surface area contributed by atoms with Crippen LogP contribution in [0.1, 0.15) is 18.4 Å². The van der Waals surface area contributed by atoms with Crippen molar-refractivity contribution < 1.29 is 19.0 Å². The third-order valence-corrected chi connectivity index (χ3v) is 3.11. The molecule has 0 bridgehead atoms. The third kappa shape index (κ3) is 2.98. The van der Waals surface area contributed by atoms with Gasteiger partial charge in [0.2, 0.25) is 0 Å². The number of carbonyl (C=O) groups is 1. The molecule has 1 saturated carbocycles. The monoisotopic (exact) mass is 253 g/mol. The van der Waals surface area contributed by atoms with Crippen LogP contribution in [0.5, 0.6) is 5.75 Å². The van der Waals surface area contributed by atoms with Crippen molar-refractivity contribution >= 4 is 5.97 Å². The highest BCUT2D eigenvalue weighted by molar-refractivity contribution is 5.74. The van der Waals surface area contributed by atoms with Gasteiger partial charge in [-0.2, -0.15) is 0 Å². The summed E-state index contributed by atoms with van der Waals surface area (Å²) in [6.07, 6.45) is 1.87. The van der Waals surface area contributed by atoms with Crippen molar-refractivity contribution in [2.75, 3.05) is 7.11 Å². The Bertz CT molecular complexity index is 446. The van der Waals surface area contributed by atoms with Crippen LogP contribution in [0.15, 0.2) is 18.2 Å². The zero-order valence-electron chi connectivity index (χ0n) is 10.1. The van der Waals surface area contributed by atoms with Gasteiger partial charge in [0.15, 0.2) is 0 Å². The topological polar surface area (TPSA) is 58.6 Å². The molecule has 1 fully saturated rings. The Balaban J connectivity index is 2.04. The van der Waals surface area contributed by atoms with E-state index in [9.17, 15) is 9.18 Å². The average molecular weight is 253 g/mol. The third-order valence-electron chi connectivity index (χ3n) is 3.11. The van der Waals surface area contributed by atoms with Crippen molar-refractivity contribution in [2.24, 2.45) is 5.92 Å². The van der Waals surface area contributed by atoms with E-state index in [2.05, 4.69) is 5.32 Å². The Morgan fingerprint density at radius 3 is 2.89 bits per heavy atom. The molecule has 2 N–H and O–H groups in total. The summed E-state index contributed by atoms with van der Waals surface area (Å²) >= 11 is 0. The first-order valence-electron chi connectivity index (χ1n) is 5.90. The van der Waals surface area contributed by atoms with E-state index >= 15 is 0 Å². The molecule has 1 aliphatic carbocycles. The van der Waals surface area contributed by atoms with Crippen LogP contribution < -0.4 is 10.1 Å². The maximum absolute atomic E-state index is 13.1. The molecule has 1 aliphatic rings. The summed E-state index contributed by atoms with van der Waals surface area (Å²) < 4.78 is 18.3. The minimum Gasteiger partial charge on any atom is -0.496 e. The Morgan fingerprint density at radius 1 is 1.61 bits per heavy atom. The Labute approximate surface area is 105 Å². The smallest absolute Gasteiger partial charge is 0.320 e. The van der Waals surface area contributed by atoms with Crippen molar-refractivity contribution in [3.63, 3.8) is 0 Å². The molecule has 0 saturated heterocycles. The summed E-state index contributed by atoms with van der Waals surface area (Å²) in [5.74, 6) is -0.454. The van der Waals surface area contributed by atoms with Crippen LogP contribution in [0, 0.1) is 11.7 Å². The molecule has 2 rings (SSSR count). The molecule has 98 valence electrons. The number of carboxylic acid groups (broad SMARTS) is 1. The first-order chi connectivity index (χ1) is 8.61. The first kappa shape index (κ1) is 12.8. The molecular formula is C13H16FNO3. The lowest BCUT2D eigenvalue weighted by molar-refractivity contribution is -0.140. The molecule has 0 aliphatic heterocycles.